The topological polar surface area (TPSA) is 45.5 Å². The van der Waals surface area contributed by atoms with E-state index in [0.29, 0.717) is 6.61 Å². The number of aryl methyl sites for hydroxylation is 1. The van der Waals surface area contributed by atoms with Crippen molar-refractivity contribution in [2.75, 3.05) is 13.7 Å². The normalized spacial score (nSPS) is 18.5. The highest BCUT2D eigenvalue weighted by molar-refractivity contribution is 6.62. The van der Waals surface area contributed by atoms with Gasteiger partial charge in [-0.25, -0.2) is 0 Å². The van der Waals surface area contributed by atoms with Gasteiger partial charge in [0.15, 0.2) is 0 Å². The van der Waals surface area contributed by atoms with Gasteiger partial charge in [0, 0.05) is 18.4 Å². The zero-order valence-electron chi connectivity index (χ0n) is 16.9. The smallest absolute Gasteiger partial charge is 0.399 e. The monoisotopic (exact) mass is 356 g/mol. The molecule has 1 aliphatic heterocycles. The van der Waals surface area contributed by atoms with Crippen LogP contribution in [0.25, 0.3) is 11.1 Å². The highest BCUT2D eigenvalue weighted by Gasteiger charge is 2.52. The van der Waals surface area contributed by atoms with Crippen LogP contribution in [0.2, 0.25) is 0 Å². The molecule has 0 aliphatic carbocycles. The molecule has 3 rings (SSSR count). The first-order valence-corrected chi connectivity index (χ1v) is 9.14. The minimum absolute atomic E-state index is 0.331. The highest BCUT2D eigenvalue weighted by atomic mass is 16.7. The number of nitrogens with zero attached hydrogens (tertiary/aromatic N) is 2. The van der Waals surface area contributed by atoms with E-state index in [0.717, 1.165) is 34.4 Å². The molecule has 2 aromatic rings. The Morgan fingerprint density at radius 1 is 1.12 bits per heavy atom. The van der Waals surface area contributed by atoms with Crippen LogP contribution >= 0.6 is 0 Å². The van der Waals surface area contributed by atoms with Crippen molar-refractivity contribution in [3.05, 3.63) is 35.7 Å². The Balaban J connectivity index is 1.86. The van der Waals surface area contributed by atoms with Gasteiger partial charge in [-0.2, -0.15) is 5.10 Å². The second-order valence-corrected chi connectivity index (χ2v) is 8.02. The molecular weight excluding hydrogens is 327 g/mol. The fraction of sp³-hybridized carbons (Fsp3) is 0.550. The van der Waals surface area contributed by atoms with E-state index in [1.165, 1.54) is 0 Å². The molecule has 1 fully saturated rings. The first-order valence-electron chi connectivity index (χ1n) is 9.14. The molecule has 1 aromatic carbocycles. The second kappa shape index (κ2) is 6.84. The molecular formula is C20H29BN2O3. The summed E-state index contributed by atoms with van der Waals surface area (Å²) in [6.45, 7) is 13.9. The molecule has 1 aromatic heterocycles. The van der Waals surface area contributed by atoms with Crippen molar-refractivity contribution >= 4 is 12.6 Å². The van der Waals surface area contributed by atoms with E-state index in [-0.39, 0.29) is 18.3 Å². The molecule has 1 aliphatic rings. The van der Waals surface area contributed by atoms with Crippen LogP contribution in [0, 0.1) is 13.8 Å². The zero-order chi connectivity index (χ0) is 19.1. The standard InChI is InChI=1S/C20H29BN2O3/c1-14-12-16(17-13-22-23(15(17)2)10-11-24-7)8-9-18(14)21-25-19(3,4)20(5,6)26-21/h8-9,12-13H,10-11H2,1-7H3. The molecule has 0 radical (unpaired) electrons. The summed E-state index contributed by atoms with van der Waals surface area (Å²) in [5.74, 6) is 0. The van der Waals surface area contributed by atoms with Crippen molar-refractivity contribution in [2.45, 2.75) is 59.3 Å². The van der Waals surface area contributed by atoms with Crippen LogP contribution in [0.15, 0.2) is 24.4 Å². The van der Waals surface area contributed by atoms with Gasteiger partial charge in [0.25, 0.3) is 0 Å². The van der Waals surface area contributed by atoms with E-state index in [1.54, 1.807) is 7.11 Å². The lowest BCUT2D eigenvalue weighted by atomic mass is 9.75. The lowest BCUT2D eigenvalue weighted by Gasteiger charge is -2.32. The van der Waals surface area contributed by atoms with E-state index in [2.05, 4.69) is 64.8 Å². The second-order valence-electron chi connectivity index (χ2n) is 8.02. The van der Waals surface area contributed by atoms with E-state index in [1.807, 2.05) is 10.9 Å². The Hall–Kier alpha value is -1.63. The van der Waals surface area contributed by atoms with Crippen molar-refractivity contribution < 1.29 is 14.0 Å². The molecule has 0 atom stereocenters. The van der Waals surface area contributed by atoms with Crippen LogP contribution < -0.4 is 5.46 Å². The summed E-state index contributed by atoms with van der Waals surface area (Å²) < 4.78 is 19.5. The summed E-state index contributed by atoms with van der Waals surface area (Å²) in [6, 6.07) is 6.42. The molecule has 2 heterocycles. The third-order valence-corrected chi connectivity index (χ3v) is 5.70. The van der Waals surface area contributed by atoms with Gasteiger partial charge >= 0.3 is 7.12 Å². The van der Waals surface area contributed by atoms with Crippen LogP contribution in [0.4, 0.5) is 0 Å². The number of rotatable bonds is 5. The summed E-state index contributed by atoms with van der Waals surface area (Å²) >= 11 is 0. The first kappa shape index (κ1) is 19.1. The highest BCUT2D eigenvalue weighted by Crippen LogP contribution is 2.37. The minimum atomic E-state index is -0.334. The fourth-order valence-electron chi connectivity index (χ4n) is 3.21. The molecule has 0 spiro atoms. The quantitative estimate of drug-likeness (QED) is 0.773. The number of methoxy groups -OCH3 is 1. The van der Waals surface area contributed by atoms with Gasteiger partial charge in [-0.15, -0.1) is 0 Å². The maximum atomic E-state index is 6.20. The van der Waals surface area contributed by atoms with Gasteiger partial charge in [0.1, 0.15) is 0 Å². The van der Waals surface area contributed by atoms with Gasteiger partial charge < -0.3 is 14.0 Å². The van der Waals surface area contributed by atoms with Crippen LogP contribution in [-0.2, 0) is 20.6 Å². The van der Waals surface area contributed by atoms with E-state index in [9.17, 15) is 0 Å². The molecule has 0 N–H and O–H groups in total. The number of hydrogen-bond acceptors (Lipinski definition) is 4. The van der Waals surface area contributed by atoms with Gasteiger partial charge in [-0.1, -0.05) is 23.8 Å². The number of ether oxygens (including phenoxy) is 1. The number of aromatic nitrogens is 2. The van der Waals surface area contributed by atoms with Crippen molar-refractivity contribution in [1.29, 1.82) is 0 Å². The van der Waals surface area contributed by atoms with Crippen LogP contribution in [0.3, 0.4) is 0 Å². The molecule has 140 valence electrons. The van der Waals surface area contributed by atoms with Crippen molar-refractivity contribution in [3.63, 3.8) is 0 Å². The van der Waals surface area contributed by atoms with Gasteiger partial charge in [-0.3, -0.25) is 4.68 Å². The molecule has 6 heteroatoms. The predicted molar refractivity (Wildman–Crippen MR) is 105 cm³/mol. The number of benzene rings is 1. The summed E-state index contributed by atoms with van der Waals surface area (Å²) in [5.41, 5.74) is 5.02. The molecule has 26 heavy (non-hydrogen) atoms. The number of hydrogen-bond donors (Lipinski definition) is 0. The van der Waals surface area contributed by atoms with Crippen molar-refractivity contribution in [3.8, 4) is 11.1 Å². The SMILES string of the molecule is COCCn1ncc(-c2ccc(B3OC(C)(C)C(C)(C)O3)c(C)c2)c1C. The molecule has 0 amide bonds. The van der Waals surface area contributed by atoms with Gasteiger partial charge in [0.05, 0.1) is 30.6 Å². The largest absolute Gasteiger partial charge is 0.495 e. The Labute approximate surface area is 156 Å². The van der Waals surface area contributed by atoms with Gasteiger partial charge in [-0.05, 0) is 52.6 Å². The van der Waals surface area contributed by atoms with Gasteiger partial charge in [0.2, 0.25) is 0 Å². The lowest BCUT2D eigenvalue weighted by Crippen LogP contribution is -2.41. The summed E-state index contributed by atoms with van der Waals surface area (Å²) in [7, 11) is 1.37. The third-order valence-electron chi connectivity index (χ3n) is 5.70. The summed E-state index contributed by atoms with van der Waals surface area (Å²) in [6.07, 6.45) is 1.92. The average Bonchev–Trinajstić information content (AvgIpc) is 3.01. The maximum Gasteiger partial charge on any atom is 0.495 e. The Kier molecular flexibility index (Phi) is 5.03. The zero-order valence-corrected chi connectivity index (χ0v) is 16.9. The van der Waals surface area contributed by atoms with Crippen LogP contribution in [0.5, 0.6) is 0 Å². The average molecular weight is 356 g/mol. The molecule has 0 bridgehead atoms. The molecule has 5 nitrogen and oxygen atoms in total. The Bertz CT molecular complexity index is 782. The van der Waals surface area contributed by atoms with Crippen molar-refractivity contribution in [2.24, 2.45) is 0 Å². The molecule has 0 unspecified atom stereocenters. The fourth-order valence-corrected chi connectivity index (χ4v) is 3.21. The molecule has 0 saturated carbocycles. The summed E-state index contributed by atoms with van der Waals surface area (Å²) in [5, 5.41) is 4.48. The summed E-state index contributed by atoms with van der Waals surface area (Å²) in [4.78, 5) is 0. The van der Waals surface area contributed by atoms with E-state index in [4.69, 9.17) is 14.0 Å². The first-order chi connectivity index (χ1) is 12.2. The van der Waals surface area contributed by atoms with Crippen molar-refractivity contribution in [1.82, 2.24) is 9.78 Å². The van der Waals surface area contributed by atoms with Crippen LogP contribution in [-0.4, -0.2) is 41.8 Å². The Morgan fingerprint density at radius 3 is 2.35 bits per heavy atom. The molecule has 1 saturated heterocycles. The van der Waals surface area contributed by atoms with E-state index >= 15 is 0 Å². The van der Waals surface area contributed by atoms with E-state index < -0.39 is 0 Å². The predicted octanol–water partition coefficient (Wildman–Crippen LogP) is 3.11. The maximum absolute atomic E-state index is 6.20. The Morgan fingerprint density at radius 2 is 1.77 bits per heavy atom. The minimum Gasteiger partial charge on any atom is -0.399 e. The third kappa shape index (κ3) is 3.33. The van der Waals surface area contributed by atoms with Crippen LogP contribution in [0.1, 0.15) is 39.0 Å². The lowest BCUT2D eigenvalue weighted by molar-refractivity contribution is 0.00578.